The van der Waals surface area contributed by atoms with E-state index in [1.807, 2.05) is 45.0 Å². The summed E-state index contributed by atoms with van der Waals surface area (Å²) >= 11 is 0. The molecule has 0 aliphatic carbocycles. The minimum atomic E-state index is -0.533. The third-order valence-electron chi connectivity index (χ3n) is 2.88. The van der Waals surface area contributed by atoms with Gasteiger partial charge in [-0.25, -0.2) is 0 Å². The summed E-state index contributed by atoms with van der Waals surface area (Å²) in [7, 11) is 1.64. The van der Waals surface area contributed by atoms with Crippen molar-refractivity contribution in [1.82, 2.24) is 0 Å². The van der Waals surface area contributed by atoms with Gasteiger partial charge in [0.1, 0.15) is 5.75 Å². The zero-order valence-corrected chi connectivity index (χ0v) is 11.1. The molecule has 3 nitrogen and oxygen atoms in total. The minimum absolute atomic E-state index is 0.530. The molecule has 1 N–H and O–H groups in total. The van der Waals surface area contributed by atoms with Crippen molar-refractivity contribution in [2.75, 3.05) is 13.7 Å². The Morgan fingerprint density at radius 1 is 1.35 bits per heavy atom. The summed E-state index contributed by atoms with van der Waals surface area (Å²) in [6.07, 6.45) is 0.0269. The average molecular weight is 238 g/mol. The summed E-state index contributed by atoms with van der Waals surface area (Å²) in [6, 6.07) is 7.73. The van der Waals surface area contributed by atoms with Crippen LogP contribution in [0.5, 0.6) is 5.75 Å². The van der Waals surface area contributed by atoms with Crippen molar-refractivity contribution in [2.24, 2.45) is 0 Å². The molecule has 0 radical (unpaired) electrons. The van der Waals surface area contributed by atoms with E-state index in [1.54, 1.807) is 7.11 Å². The lowest BCUT2D eigenvalue weighted by Gasteiger charge is -2.30. The molecule has 0 amide bonds. The Hall–Kier alpha value is -1.06. The maximum absolute atomic E-state index is 10.2. The van der Waals surface area contributed by atoms with E-state index in [0.29, 0.717) is 13.0 Å². The summed E-state index contributed by atoms with van der Waals surface area (Å²) in [5.74, 6) is 0.809. The average Bonchev–Trinajstić information content (AvgIpc) is 2.29. The Balaban J connectivity index is 2.69. The van der Waals surface area contributed by atoms with Crippen molar-refractivity contribution in [2.45, 2.75) is 38.9 Å². The molecule has 1 unspecified atom stereocenters. The first-order valence-corrected chi connectivity index (χ1v) is 5.94. The molecule has 3 heteroatoms. The second kappa shape index (κ2) is 6.03. The van der Waals surface area contributed by atoms with E-state index in [1.165, 1.54) is 0 Å². The van der Waals surface area contributed by atoms with Crippen LogP contribution < -0.4 is 4.74 Å². The maximum atomic E-state index is 10.2. The van der Waals surface area contributed by atoms with E-state index < -0.39 is 11.7 Å². The number of benzene rings is 1. The molecule has 1 aromatic rings. The van der Waals surface area contributed by atoms with Gasteiger partial charge >= 0.3 is 0 Å². The van der Waals surface area contributed by atoms with E-state index >= 15 is 0 Å². The van der Waals surface area contributed by atoms with Gasteiger partial charge in [0.25, 0.3) is 0 Å². The molecule has 0 spiro atoms. The van der Waals surface area contributed by atoms with Crippen LogP contribution in [0, 0.1) is 0 Å². The van der Waals surface area contributed by atoms with Crippen LogP contribution in [-0.4, -0.2) is 30.5 Å². The summed E-state index contributed by atoms with van der Waals surface area (Å²) in [5, 5.41) is 10.2. The molecule has 96 valence electrons. The molecule has 0 fully saturated rings. The quantitative estimate of drug-likeness (QED) is 0.827. The van der Waals surface area contributed by atoms with E-state index in [-0.39, 0.29) is 0 Å². The van der Waals surface area contributed by atoms with Gasteiger partial charge in [0, 0.05) is 13.0 Å². The summed E-state index contributed by atoms with van der Waals surface area (Å²) in [4.78, 5) is 0. The fourth-order valence-corrected chi connectivity index (χ4v) is 1.74. The Kier molecular flexibility index (Phi) is 4.97. The molecule has 0 aromatic heterocycles. The molecule has 1 atom stereocenters. The van der Waals surface area contributed by atoms with Crippen LogP contribution in [0.25, 0.3) is 0 Å². The zero-order chi connectivity index (χ0) is 12.9. The number of hydrogen-bond acceptors (Lipinski definition) is 3. The lowest BCUT2D eigenvalue weighted by atomic mass is 9.95. The molecular formula is C14H22O3. The van der Waals surface area contributed by atoms with Crippen molar-refractivity contribution in [3.8, 4) is 5.75 Å². The van der Waals surface area contributed by atoms with Gasteiger partial charge in [0.2, 0.25) is 0 Å². The third kappa shape index (κ3) is 4.02. The smallest absolute Gasteiger partial charge is 0.119 e. The number of hydrogen-bond donors (Lipinski definition) is 1. The minimum Gasteiger partial charge on any atom is -0.497 e. The highest BCUT2D eigenvalue weighted by atomic mass is 16.5. The highest BCUT2D eigenvalue weighted by Crippen LogP contribution is 2.21. The van der Waals surface area contributed by atoms with Gasteiger partial charge in [-0.1, -0.05) is 12.1 Å². The van der Waals surface area contributed by atoms with E-state index in [9.17, 15) is 5.11 Å². The molecule has 17 heavy (non-hydrogen) atoms. The molecular weight excluding hydrogens is 216 g/mol. The standard InChI is InChI=1S/C14H22O3/c1-5-17-14(2,3)13(15)10-11-7-6-8-12(9-11)16-4/h6-9,13,15H,5,10H2,1-4H3. The first kappa shape index (κ1) is 14.0. The van der Waals surface area contributed by atoms with Gasteiger partial charge in [-0.15, -0.1) is 0 Å². The van der Waals surface area contributed by atoms with Crippen molar-refractivity contribution < 1.29 is 14.6 Å². The van der Waals surface area contributed by atoms with Crippen molar-refractivity contribution in [1.29, 1.82) is 0 Å². The maximum Gasteiger partial charge on any atom is 0.119 e. The van der Waals surface area contributed by atoms with E-state index in [2.05, 4.69) is 0 Å². The molecule has 0 bridgehead atoms. The van der Waals surface area contributed by atoms with Crippen molar-refractivity contribution in [3.05, 3.63) is 29.8 Å². The SMILES string of the molecule is CCOC(C)(C)C(O)Cc1cccc(OC)c1. The monoisotopic (exact) mass is 238 g/mol. The van der Waals surface area contributed by atoms with Gasteiger partial charge in [-0.3, -0.25) is 0 Å². The van der Waals surface area contributed by atoms with Crippen LogP contribution in [0.2, 0.25) is 0 Å². The first-order chi connectivity index (χ1) is 7.99. The number of aliphatic hydroxyl groups excluding tert-OH is 1. The van der Waals surface area contributed by atoms with Gasteiger partial charge in [-0.2, -0.15) is 0 Å². The predicted octanol–water partition coefficient (Wildman–Crippen LogP) is 2.41. The van der Waals surface area contributed by atoms with Crippen LogP contribution in [0.4, 0.5) is 0 Å². The number of rotatable bonds is 6. The Bertz CT molecular complexity index is 347. The second-order valence-electron chi connectivity index (χ2n) is 4.61. The van der Waals surface area contributed by atoms with E-state index in [4.69, 9.17) is 9.47 Å². The van der Waals surface area contributed by atoms with Crippen molar-refractivity contribution >= 4 is 0 Å². The van der Waals surface area contributed by atoms with Gasteiger partial charge < -0.3 is 14.6 Å². The highest BCUT2D eigenvalue weighted by Gasteiger charge is 2.28. The molecule has 1 rings (SSSR count). The molecule has 0 aliphatic rings. The van der Waals surface area contributed by atoms with Crippen LogP contribution >= 0.6 is 0 Å². The summed E-state index contributed by atoms with van der Waals surface area (Å²) in [5.41, 5.74) is 0.516. The number of methoxy groups -OCH3 is 1. The fourth-order valence-electron chi connectivity index (χ4n) is 1.74. The molecule has 0 saturated carbocycles. The summed E-state index contributed by atoms with van der Waals surface area (Å²) in [6.45, 7) is 6.34. The van der Waals surface area contributed by atoms with Crippen LogP contribution in [-0.2, 0) is 11.2 Å². The summed E-state index contributed by atoms with van der Waals surface area (Å²) < 4.78 is 10.7. The molecule has 1 aromatic carbocycles. The van der Waals surface area contributed by atoms with Gasteiger partial charge in [-0.05, 0) is 38.5 Å². The molecule has 0 aliphatic heterocycles. The van der Waals surface area contributed by atoms with Gasteiger partial charge in [0.15, 0.2) is 0 Å². The Labute approximate surface area is 103 Å². The highest BCUT2D eigenvalue weighted by molar-refractivity contribution is 5.29. The van der Waals surface area contributed by atoms with Crippen molar-refractivity contribution in [3.63, 3.8) is 0 Å². The third-order valence-corrected chi connectivity index (χ3v) is 2.88. The van der Waals surface area contributed by atoms with Crippen LogP contribution in [0.15, 0.2) is 24.3 Å². The number of aliphatic hydroxyl groups is 1. The lowest BCUT2D eigenvalue weighted by Crippen LogP contribution is -2.40. The fraction of sp³-hybridized carbons (Fsp3) is 0.571. The first-order valence-electron chi connectivity index (χ1n) is 5.94. The topological polar surface area (TPSA) is 38.7 Å². The molecule has 0 saturated heterocycles. The Morgan fingerprint density at radius 3 is 2.65 bits per heavy atom. The zero-order valence-electron chi connectivity index (χ0n) is 11.1. The predicted molar refractivity (Wildman–Crippen MR) is 68.4 cm³/mol. The number of ether oxygens (including phenoxy) is 2. The largest absolute Gasteiger partial charge is 0.497 e. The lowest BCUT2D eigenvalue weighted by molar-refractivity contribution is -0.0955. The van der Waals surface area contributed by atoms with Crippen LogP contribution in [0.3, 0.4) is 0 Å². The second-order valence-corrected chi connectivity index (χ2v) is 4.61. The van der Waals surface area contributed by atoms with Gasteiger partial charge in [0.05, 0.1) is 18.8 Å². The normalized spacial score (nSPS) is 13.5. The Morgan fingerprint density at radius 2 is 2.06 bits per heavy atom. The molecule has 0 heterocycles. The van der Waals surface area contributed by atoms with E-state index in [0.717, 1.165) is 11.3 Å². The van der Waals surface area contributed by atoms with Crippen LogP contribution in [0.1, 0.15) is 26.3 Å².